The van der Waals surface area contributed by atoms with E-state index >= 15 is 0 Å². The Morgan fingerprint density at radius 2 is 1.93 bits per heavy atom. The molecule has 0 atom stereocenters. The van der Waals surface area contributed by atoms with Crippen LogP contribution in [0.4, 0.5) is 18.9 Å². The van der Waals surface area contributed by atoms with Crippen LogP contribution in [0.1, 0.15) is 38.6 Å². The molecular formula is C23H20F3N3O. The molecule has 154 valence electrons. The topological polar surface area (TPSA) is 46.1 Å². The number of nitrogens with zero attached hydrogens (tertiary/aromatic N) is 3. The van der Waals surface area contributed by atoms with E-state index in [4.69, 9.17) is 0 Å². The number of rotatable bonds is 4. The highest BCUT2D eigenvalue weighted by molar-refractivity contribution is 5.98. The predicted molar refractivity (Wildman–Crippen MR) is 107 cm³/mol. The van der Waals surface area contributed by atoms with E-state index in [9.17, 15) is 18.0 Å². The maximum atomic E-state index is 12.9. The maximum Gasteiger partial charge on any atom is 0.416 e. The SMILES string of the molecule is Cc1ncc2c(n1)CCN(c1cccc(C(=O)Cc3cccc(C(F)(F)F)c3)c1)C2. The lowest BCUT2D eigenvalue weighted by atomic mass is 10.00. The van der Waals surface area contributed by atoms with Crippen LogP contribution in [0.5, 0.6) is 0 Å². The molecule has 1 aliphatic rings. The molecule has 2 heterocycles. The normalized spacial score (nSPS) is 13.8. The first kappa shape index (κ1) is 20.1. The van der Waals surface area contributed by atoms with E-state index in [2.05, 4.69) is 14.9 Å². The monoisotopic (exact) mass is 411 g/mol. The van der Waals surface area contributed by atoms with Gasteiger partial charge in [-0.3, -0.25) is 4.79 Å². The zero-order valence-electron chi connectivity index (χ0n) is 16.4. The summed E-state index contributed by atoms with van der Waals surface area (Å²) < 4.78 is 38.7. The summed E-state index contributed by atoms with van der Waals surface area (Å²) in [5, 5.41) is 0. The van der Waals surface area contributed by atoms with Crippen LogP contribution in [0.25, 0.3) is 0 Å². The van der Waals surface area contributed by atoms with Crippen molar-refractivity contribution in [3.05, 3.63) is 88.5 Å². The minimum atomic E-state index is -4.42. The number of hydrogen-bond acceptors (Lipinski definition) is 4. The fraction of sp³-hybridized carbons (Fsp3) is 0.261. The Balaban J connectivity index is 1.51. The van der Waals surface area contributed by atoms with Gasteiger partial charge in [0.1, 0.15) is 5.82 Å². The molecule has 4 rings (SSSR count). The first-order valence-electron chi connectivity index (χ1n) is 9.65. The summed E-state index contributed by atoms with van der Waals surface area (Å²) in [6.45, 7) is 3.29. The number of fused-ring (bicyclic) bond motifs is 1. The fourth-order valence-corrected chi connectivity index (χ4v) is 3.66. The van der Waals surface area contributed by atoms with Crippen LogP contribution < -0.4 is 4.90 Å². The molecule has 0 spiro atoms. The van der Waals surface area contributed by atoms with Crippen molar-refractivity contribution < 1.29 is 18.0 Å². The molecule has 0 radical (unpaired) electrons. The van der Waals surface area contributed by atoms with E-state index in [0.29, 0.717) is 17.7 Å². The number of halogens is 3. The fourth-order valence-electron chi connectivity index (χ4n) is 3.66. The first-order chi connectivity index (χ1) is 14.3. The smallest absolute Gasteiger partial charge is 0.367 e. The van der Waals surface area contributed by atoms with Gasteiger partial charge in [0.2, 0.25) is 0 Å². The van der Waals surface area contributed by atoms with Gasteiger partial charge in [-0.05, 0) is 30.7 Å². The third kappa shape index (κ3) is 4.35. The summed E-state index contributed by atoms with van der Waals surface area (Å²) in [5.74, 6) is 0.539. The number of benzene rings is 2. The number of Topliss-reactive ketones (excluding diaryl/α,β-unsaturated/α-hetero) is 1. The van der Waals surface area contributed by atoms with Gasteiger partial charge in [0, 0.05) is 48.9 Å². The van der Waals surface area contributed by atoms with Crippen molar-refractivity contribution in [3.63, 3.8) is 0 Å². The summed E-state index contributed by atoms with van der Waals surface area (Å²) in [6.07, 6.45) is -1.87. The van der Waals surface area contributed by atoms with Crippen LogP contribution in [0, 0.1) is 6.92 Å². The van der Waals surface area contributed by atoms with Gasteiger partial charge in [0.25, 0.3) is 0 Å². The second-order valence-corrected chi connectivity index (χ2v) is 7.41. The zero-order valence-corrected chi connectivity index (χ0v) is 16.4. The Morgan fingerprint density at radius 1 is 1.13 bits per heavy atom. The zero-order chi connectivity index (χ0) is 21.3. The van der Waals surface area contributed by atoms with Gasteiger partial charge in [0.15, 0.2) is 5.78 Å². The van der Waals surface area contributed by atoms with E-state index in [0.717, 1.165) is 47.9 Å². The summed E-state index contributed by atoms with van der Waals surface area (Å²) in [5.41, 5.74) is 3.10. The standard InChI is InChI=1S/C23H20F3N3O/c1-15-27-13-18-14-29(9-8-21(18)28-15)20-7-3-5-17(12-20)22(30)11-16-4-2-6-19(10-16)23(24,25)26/h2-7,10,12-13H,8-9,11,14H2,1H3. The molecule has 0 unspecified atom stereocenters. The summed E-state index contributed by atoms with van der Waals surface area (Å²) in [7, 11) is 0. The van der Waals surface area contributed by atoms with Gasteiger partial charge in [0.05, 0.1) is 11.3 Å². The number of anilines is 1. The molecule has 1 aliphatic heterocycles. The summed E-state index contributed by atoms with van der Waals surface area (Å²) in [6, 6.07) is 12.1. The Morgan fingerprint density at radius 3 is 2.73 bits per heavy atom. The molecule has 30 heavy (non-hydrogen) atoms. The molecule has 1 aromatic heterocycles. The number of carbonyl (C=O) groups excluding carboxylic acids is 1. The van der Waals surface area contributed by atoms with Crippen LogP contribution in [0.15, 0.2) is 54.7 Å². The summed E-state index contributed by atoms with van der Waals surface area (Å²) >= 11 is 0. The molecule has 4 nitrogen and oxygen atoms in total. The number of hydrogen-bond donors (Lipinski definition) is 0. The lowest BCUT2D eigenvalue weighted by Gasteiger charge is -2.30. The van der Waals surface area contributed by atoms with E-state index in [-0.39, 0.29) is 12.2 Å². The van der Waals surface area contributed by atoms with Crippen LogP contribution in [0.3, 0.4) is 0 Å². The molecule has 0 saturated carbocycles. The second-order valence-electron chi connectivity index (χ2n) is 7.41. The van der Waals surface area contributed by atoms with Crippen molar-refractivity contribution in [1.29, 1.82) is 0 Å². The molecule has 0 bridgehead atoms. The second kappa shape index (κ2) is 7.89. The van der Waals surface area contributed by atoms with Crippen LogP contribution in [-0.4, -0.2) is 22.3 Å². The van der Waals surface area contributed by atoms with Gasteiger partial charge in [-0.2, -0.15) is 13.2 Å². The highest BCUT2D eigenvalue weighted by Crippen LogP contribution is 2.30. The Hall–Kier alpha value is -3.22. The predicted octanol–water partition coefficient (Wildman–Crippen LogP) is 4.79. The van der Waals surface area contributed by atoms with Crippen molar-refractivity contribution >= 4 is 11.5 Å². The average molecular weight is 411 g/mol. The van der Waals surface area contributed by atoms with E-state index in [1.807, 2.05) is 19.2 Å². The Kier molecular flexibility index (Phi) is 5.28. The van der Waals surface area contributed by atoms with Crippen LogP contribution >= 0.6 is 0 Å². The largest absolute Gasteiger partial charge is 0.416 e. The average Bonchev–Trinajstić information content (AvgIpc) is 2.73. The Labute approximate surface area is 172 Å². The maximum absolute atomic E-state index is 12.9. The van der Waals surface area contributed by atoms with Gasteiger partial charge in [-0.25, -0.2) is 9.97 Å². The molecule has 2 aromatic carbocycles. The quantitative estimate of drug-likeness (QED) is 0.579. The molecule has 0 saturated heterocycles. The van der Waals surface area contributed by atoms with E-state index in [1.165, 1.54) is 6.07 Å². The van der Waals surface area contributed by atoms with Crippen LogP contribution in [0.2, 0.25) is 0 Å². The van der Waals surface area contributed by atoms with Crippen molar-refractivity contribution in [2.24, 2.45) is 0 Å². The van der Waals surface area contributed by atoms with Gasteiger partial charge in [-0.15, -0.1) is 0 Å². The number of aryl methyl sites for hydroxylation is 1. The number of carbonyl (C=O) groups is 1. The van der Waals surface area contributed by atoms with Crippen molar-refractivity contribution in [3.8, 4) is 0 Å². The van der Waals surface area contributed by atoms with E-state index in [1.54, 1.807) is 24.3 Å². The number of alkyl halides is 3. The van der Waals surface area contributed by atoms with Crippen molar-refractivity contribution in [1.82, 2.24) is 9.97 Å². The third-order valence-corrected chi connectivity index (χ3v) is 5.21. The molecule has 3 aromatic rings. The van der Waals surface area contributed by atoms with Gasteiger partial charge < -0.3 is 4.90 Å². The highest BCUT2D eigenvalue weighted by atomic mass is 19.4. The van der Waals surface area contributed by atoms with Crippen molar-refractivity contribution in [2.45, 2.75) is 32.5 Å². The molecule has 0 N–H and O–H groups in total. The Bertz CT molecular complexity index is 1100. The molecular weight excluding hydrogens is 391 g/mol. The minimum Gasteiger partial charge on any atom is -0.367 e. The highest BCUT2D eigenvalue weighted by Gasteiger charge is 2.30. The van der Waals surface area contributed by atoms with Gasteiger partial charge >= 0.3 is 6.18 Å². The molecule has 7 heteroatoms. The number of aromatic nitrogens is 2. The number of ketones is 1. The molecule has 0 fully saturated rings. The minimum absolute atomic E-state index is 0.0800. The third-order valence-electron chi connectivity index (χ3n) is 5.21. The van der Waals surface area contributed by atoms with E-state index < -0.39 is 11.7 Å². The lowest BCUT2D eigenvalue weighted by molar-refractivity contribution is -0.137. The van der Waals surface area contributed by atoms with Gasteiger partial charge in [-0.1, -0.05) is 30.3 Å². The first-order valence-corrected chi connectivity index (χ1v) is 9.65. The molecule has 0 aliphatic carbocycles. The lowest BCUT2D eigenvalue weighted by Crippen LogP contribution is -2.31. The van der Waals surface area contributed by atoms with Crippen molar-refractivity contribution in [2.75, 3.05) is 11.4 Å². The molecule has 0 amide bonds. The summed E-state index contributed by atoms with van der Waals surface area (Å²) in [4.78, 5) is 23.6. The van der Waals surface area contributed by atoms with Crippen LogP contribution in [-0.2, 0) is 25.6 Å².